The minimum atomic E-state index is -3.56. The van der Waals surface area contributed by atoms with Gasteiger partial charge in [0.05, 0.1) is 12.0 Å². The minimum absolute atomic E-state index is 0.215. The average molecular weight is 370 g/mol. The van der Waals surface area contributed by atoms with Gasteiger partial charge in [-0.2, -0.15) is 0 Å². The Kier molecular flexibility index (Phi) is 5.03. The van der Waals surface area contributed by atoms with E-state index in [4.69, 9.17) is 4.74 Å². The van der Waals surface area contributed by atoms with Crippen LogP contribution in [0.15, 0.2) is 57.9 Å². The Morgan fingerprint density at radius 3 is 2.14 bits per heavy atom. The van der Waals surface area contributed by atoms with E-state index in [1.807, 2.05) is 31.2 Å². The van der Waals surface area contributed by atoms with E-state index in [1.54, 1.807) is 12.1 Å². The molecular weight excluding hydrogens is 354 g/mol. The highest BCUT2D eigenvalue weighted by Gasteiger charge is 2.18. The van der Waals surface area contributed by atoms with Gasteiger partial charge >= 0.3 is 0 Å². The number of sulfonamides is 1. The summed E-state index contributed by atoms with van der Waals surface area (Å²) in [5.41, 5.74) is 0.898. The average Bonchev–Trinajstić information content (AvgIpc) is 2.47. The Morgan fingerprint density at radius 2 is 1.62 bits per heavy atom. The van der Waals surface area contributed by atoms with Crippen molar-refractivity contribution in [2.24, 2.45) is 0 Å². The standard InChI is InChI=1S/C15H16BrNO3S/c1-11(12-3-5-13(16)6-4-12)17-21(18,19)15-9-7-14(20-2)8-10-15/h3-11,17H,1-2H3/t11-/m0/s1. The molecule has 0 amide bonds. The third-order valence-corrected chi connectivity index (χ3v) is 5.16. The minimum Gasteiger partial charge on any atom is -0.497 e. The van der Waals surface area contributed by atoms with Crippen molar-refractivity contribution in [1.29, 1.82) is 0 Å². The summed E-state index contributed by atoms with van der Waals surface area (Å²) < 4.78 is 33.3. The molecule has 0 unspecified atom stereocenters. The summed E-state index contributed by atoms with van der Waals surface area (Å²) in [6.45, 7) is 1.81. The molecule has 0 aliphatic rings. The summed E-state index contributed by atoms with van der Waals surface area (Å²) in [4.78, 5) is 0.215. The van der Waals surface area contributed by atoms with Gasteiger partial charge in [0, 0.05) is 10.5 Å². The van der Waals surface area contributed by atoms with Crippen molar-refractivity contribution >= 4 is 26.0 Å². The fourth-order valence-corrected chi connectivity index (χ4v) is 3.37. The molecule has 0 aliphatic heterocycles. The van der Waals surface area contributed by atoms with Crippen LogP contribution in [0.3, 0.4) is 0 Å². The molecule has 1 atom stereocenters. The van der Waals surface area contributed by atoms with Crippen molar-refractivity contribution in [3.8, 4) is 5.75 Å². The van der Waals surface area contributed by atoms with E-state index in [9.17, 15) is 8.42 Å². The molecule has 4 nitrogen and oxygen atoms in total. The smallest absolute Gasteiger partial charge is 0.241 e. The first-order valence-electron chi connectivity index (χ1n) is 6.34. The summed E-state index contributed by atoms with van der Waals surface area (Å²) in [7, 11) is -2.02. The zero-order valence-electron chi connectivity index (χ0n) is 11.7. The van der Waals surface area contributed by atoms with E-state index in [0.717, 1.165) is 10.0 Å². The molecule has 112 valence electrons. The Labute approximate surface area is 133 Å². The van der Waals surface area contributed by atoms with Crippen molar-refractivity contribution < 1.29 is 13.2 Å². The number of rotatable bonds is 5. The highest BCUT2D eigenvalue weighted by Crippen LogP contribution is 2.20. The SMILES string of the molecule is COc1ccc(S(=O)(=O)N[C@@H](C)c2ccc(Br)cc2)cc1. The molecule has 6 heteroatoms. The first-order valence-corrected chi connectivity index (χ1v) is 8.62. The third-order valence-electron chi connectivity index (χ3n) is 3.07. The van der Waals surface area contributed by atoms with E-state index in [1.165, 1.54) is 19.2 Å². The highest BCUT2D eigenvalue weighted by atomic mass is 79.9. The second kappa shape index (κ2) is 6.60. The van der Waals surface area contributed by atoms with E-state index in [-0.39, 0.29) is 10.9 Å². The molecule has 0 spiro atoms. The van der Waals surface area contributed by atoms with Crippen molar-refractivity contribution in [1.82, 2.24) is 4.72 Å². The summed E-state index contributed by atoms with van der Waals surface area (Å²) in [5, 5.41) is 0. The number of nitrogens with one attached hydrogen (secondary N) is 1. The van der Waals surface area contributed by atoms with E-state index < -0.39 is 10.0 Å². The molecule has 0 aliphatic carbocycles. The Morgan fingerprint density at radius 1 is 1.05 bits per heavy atom. The first-order chi connectivity index (χ1) is 9.92. The van der Waals surface area contributed by atoms with Crippen LogP contribution in [-0.4, -0.2) is 15.5 Å². The van der Waals surface area contributed by atoms with Gasteiger partial charge in [-0.05, 0) is 48.9 Å². The maximum Gasteiger partial charge on any atom is 0.241 e. The van der Waals surface area contributed by atoms with Gasteiger partial charge in [0.2, 0.25) is 10.0 Å². The largest absolute Gasteiger partial charge is 0.497 e. The Hall–Kier alpha value is -1.37. The third kappa shape index (κ3) is 4.06. The van der Waals surface area contributed by atoms with Crippen molar-refractivity contribution in [3.05, 3.63) is 58.6 Å². The molecule has 0 saturated carbocycles. The number of methoxy groups -OCH3 is 1. The van der Waals surface area contributed by atoms with Crippen LogP contribution in [0.5, 0.6) is 5.75 Å². The second-order valence-corrected chi connectivity index (χ2v) is 7.20. The number of benzene rings is 2. The van der Waals surface area contributed by atoms with E-state index >= 15 is 0 Å². The molecule has 21 heavy (non-hydrogen) atoms. The number of hydrogen-bond donors (Lipinski definition) is 1. The predicted molar refractivity (Wildman–Crippen MR) is 85.9 cm³/mol. The monoisotopic (exact) mass is 369 g/mol. The van der Waals surface area contributed by atoms with E-state index in [0.29, 0.717) is 5.75 Å². The predicted octanol–water partition coefficient (Wildman–Crippen LogP) is 3.50. The molecule has 0 radical (unpaired) electrons. The van der Waals surface area contributed by atoms with Crippen LogP contribution in [0, 0.1) is 0 Å². The fraction of sp³-hybridized carbons (Fsp3) is 0.200. The highest BCUT2D eigenvalue weighted by molar-refractivity contribution is 9.10. The lowest BCUT2D eigenvalue weighted by molar-refractivity contribution is 0.414. The van der Waals surface area contributed by atoms with Gasteiger partial charge in [-0.25, -0.2) is 13.1 Å². The molecule has 0 aromatic heterocycles. The van der Waals surface area contributed by atoms with Crippen LogP contribution in [0.4, 0.5) is 0 Å². The van der Waals surface area contributed by atoms with Gasteiger partial charge in [0.25, 0.3) is 0 Å². The maximum atomic E-state index is 12.3. The lowest BCUT2D eigenvalue weighted by atomic mass is 10.1. The molecule has 2 aromatic carbocycles. The van der Waals surface area contributed by atoms with Crippen LogP contribution >= 0.6 is 15.9 Å². The van der Waals surface area contributed by atoms with Crippen molar-refractivity contribution in [2.75, 3.05) is 7.11 Å². The Bertz CT molecular complexity index is 697. The zero-order chi connectivity index (χ0) is 15.5. The maximum absolute atomic E-state index is 12.3. The second-order valence-electron chi connectivity index (χ2n) is 4.57. The first kappa shape index (κ1) is 16.0. The van der Waals surface area contributed by atoms with Gasteiger partial charge in [0.1, 0.15) is 5.75 Å². The molecule has 0 saturated heterocycles. The fourth-order valence-electron chi connectivity index (χ4n) is 1.88. The molecule has 0 fully saturated rings. The van der Waals surface area contributed by atoms with Gasteiger partial charge in [-0.1, -0.05) is 28.1 Å². The van der Waals surface area contributed by atoms with Crippen LogP contribution in [0.25, 0.3) is 0 Å². The molecule has 0 bridgehead atoms. The zero-order valence-corrected chi connectivity index (χ0v) is 14.1. The topological polar surface area (TPSA) is 55.4 Å². The van der Waals surface area contributed by atoms with E-state index in [2.05, 4.69) is 20.7 Å². The molecular formula is C15H16BrNO3S. The summed E-state index contributed by atoms with van der Waals surface area (Å²) in [6.07, 6.45) is 0. The van der Waals surface area contributed by atoms with Crippen LogP contribution in [0.1, 0.15) is 18.5 Å². The summed E-state index contributed by atoms with van der Waals surface area (Å²) in [6, 6.07) is 13.5. The van der Waals surface area contributed by atoms with Crippen LogP contribution in [-0.2, 0) is 10.0 Å². The van der Waals surface area contributed by atoms with Gasteiger partial charge < -0.3 is 4.74 Å². The quantitative estimate of drug-likeness (QED) is 0.877. The molecule has 2 rings (SSSR count). The number of halogens is 1. The van der Waals surface area contributed by atoms with Crippen LogP contribution in [0.2, 0.25) is 0 Å². The Balaban J connectivity index is 2.17. The summed E-state index contributed by atoms with van der Waals surface area (Å²) >= 11 is 3.36. The lowest BCUT2D eigenvalue weighted by Crippen LogP contribution is -2.26. The lowest BCUT2D eigenvalue weighted by Gasteiger charge is -2.15. The van der Waals surface area contributed by atoms with Crippen LogP contribution < -0.4 is 9.46 Å². The number of hydrogen-bond acceptors (Lipinski definition) is 3. The molecule has 1 N–H and O–H groups in total. The number of ether oxygens (including phenoxy) is 1. The van der Waals surface area contributed by atoms with Gasteiger partial charge in [0.15, 0.2) is 0 Å². The molecule has 0 heterocycles. The van der Waals surface area contributed by atoms with Crippen molar-refractivity contribution in [2.45, 2.75) is 17.9 Å². The van der Waals surface area contributed by atoms with Gasteiger partial charge in [-0.3, -0.25) is 0 Å². The summed E-state index contributed by atoms with van der Waals surface area (Å²) in [5.74, 6) is 0.620. The molecule has 2 aromatic rings. The van der Waals surface area contributed by atoms with Gasteiger partial charge in [-0.15, -0.1) is 0 Å². The normalized spacial score (nSPS) is 12.9. The van der Waals surface area contributed by atoms with Crippen molar-refractivity contribution in [3.63, 3.8) is 0 Å².